The third-order valence-corrected chi connectivity index (χ3v) is 1.58. The summed E-state index contributed by atoms with van der Waals surface area (Å²) in [5.74, 6) is 1.52. The minimum Gasteiger partial charge on any atom is -0.468 e. The third-order valence-electron chi connectivity index (χ3n) is 1.40. The van der Waals surface area contributed by atoms with Crippen LogP contribution in [0.5, 0.6) is 0 Å². The Kier molecular flexibility index (Phi) is 4.57. The number of nitrogens with one attached hydrogen (secondary N) is 1. The molecule has 0 aliphatic heterocycles. The Bertz CT molecular complexity index is 218. The molecule has 0 aromatic carbocycles. The summed E-state index contributed by atoms with van der Waals surface area (Å²) in [4.78, 5) is 0. The van der Waals surface area contributed by atoms with Crippen molar-refractivity contribution in [1.29, 1.82) is 0 Å². The first kappa shape index (κ1) is 9.36. The molecular formula is C9H12ClNO. The molecule has 12 heavy (non-hydrogen) atoms. The van der Waals surface area contributed by atoms with E-state index in [-0.39, 0.29) is 0 Å². The number of halogens is 1. The third kappa shape index (κ3) is 3.60. The topological polar surface area (TPSA) is 25.2 Å². The van der Waals surface area contributed by atoms with Crippen molar-refractivity contribution in [3.05, 3.63) is 36.3 Å². The molecule has 0 spiro atoms. The second-order valence-corrected chi connectivity index (χ2v) is 2.64. The van der Waals surface area contributed by atoms with Gasteiger partial charge in [-0.1, -0.05) is 12.2 Å². The Balaban J connectivity index is 2.07. The minimum atomic E-state index is 0.572. The van der Waals surface area contributed by atoms with Gasteiger partial charge in [-0.05, 0) is 12.1 Å². The zero-order chi connectivity index (χ0) is 8.65. The fourth-order valence-electron chi connectivity index (χ4n) is 0.838. The minimum absolute atomic E-state index is 0.572. The summed E-state index contributed by atoms with van der Waals surface area (Å²) in [5, 5.41) is 3.18. The first-order chi connectivity index (χ1) is 5.93. The van der Waals surface area contributed by atoms with E-state index in [4.69, 9.17) is 16.0 Å². The molecule has 0 atom stereocenters. The molecule has 66 valence electrons. The van der Waals surface area contributed by atoms with Crippen molar-refractivity contribution in [3.63, 3.8) is 0 Å². The zero-order valence-corrected chi connectivity index (χ0v) is 7.55. The smallest absolute Gasteiger partial charge is 0.117 e. The maximum atomic E-state index is 5.45. The van der Waals surface area contributed by atoms with Crippen LogP contribution in [-0.4, -0.2) is 12.4 Å². The van der Waals surface area contributed by atoms with Crippen LogP contribution in [0.4, 0.5) is 0 Å². The highest BCUT2D eigenvalue weighted by molar-refractivity contribution is 6.18. The molecule has 1 rings (SSSR count). The van der Waals surface area contributed by atoms with E-state index in [1.807, 2.05) is 24.3 Å². The van der Waals surface area contributed by atoms with E-state index in [2.05, 4.69) is 5.32 Å². The van der Waals surface area contributed by atoms with Crippen molar-refractivity contribution in [1.82, 2.24) is 5.32 Å². The van der Waals surface area contributed by atoms with Gasteiger partial charge in [0.25, 0.3) is 0 Å². The molecule has 0 unspecified atom stereocenters. The lowest BCUT2D eigenvalue weighted by Gasteiger charge is -1.96. The normalized spacial score (nSPS) is 11.1. The molecular weight excluding hydrogens is 174 g/mol. The largest absolute Gasteiger partial charge is 0.468 e. The molecule has 0 aliphatic rings. The molecule has 1 aromatic rings. The van der Waals surface area contributed by atoms with Crippen LogP contribution in [0.1, 0.15) is 5.76 Å². The van der Waals surface area contributed by atoms with Crippen LogP contribution in [0.2, 0.25) is 0 Å². The highest BCUT2D eigenvalue weighted by Crippen LogP contribution is 1.97. The Morgan fingerprint density at radius 3 is 3.08 bits per heavy atom. The molecule has 0 saturated carbocycles. The van der Waals surface area contributed by atoms with Gasteiger partial charge in [0.05, 0.1) is 12.8 Å². The van der Waals surface area contributed by atoms with E-state index >= 15 is 0 Å². The van der Waals surface area contributed by atoms with Crippen molar-refractivity contribution in [3.8, 4) is 0 Å². The predicted molar refractivity (Wildman–Crippen MR) is 50.3 cm³/mol. The quantitative estimate of drug-likeness (QED) is 0.432. The summed E-state index contributed by atoms with van der Waals surface area (Å²) < 4.78 is 5.13. The van der Waals surface area contributed by atoms with E-state index in [0.29, 0.717) is 5.88 Å². The summed E-state index contributed by atoms with van der Waals surface area (Å²) in [5.41, 5.74) is 0. The molecule has 1 N–H and O–H groups in total. The van der Waals surface area contributed by atoms with Gasteiger partial charge in [0.2, 0.25) is 0 Å². The van der Waals surface area contributed by atoms with Crippen molar-refractivity contribution < 1.29 is 4.42 Å². The van der Waals surface area contributed by atoms with Crippen molar-refractivity contribution in [2.75, 3.05) is 12.4 Å². The molecule has 0 aliphatic carbocycles. The van der Waals surface area contributed by atoms with E-state index in [0.717, 1.165) is 18.8 Å². The van der Waals surface area contributed by atoms with Crippen LogP contribution in [0, 0.1) is 0 Å². The fourth-order valence-corrected chi connectivity index (χ4v) is 0.964. The lowest BCUT2D eigenvalue weighted by molar-refractivity contribution is 0.490. The number of alkyl halides is 1. The van der Waals surface area contributed by atoms with Gasteiger partial charge >= 0.3 is 0 Å². The van der Waals surface area contributed by atoms with Gasteiger partial charge in [-0.3, -0.25) is 0 Å². The van der Waals surface area contributed by atoms with Gasteiger partial charge < -0.3 is 9.73 Å². The van der Waals surface area contributed by atoms with Crippen LogP contribution in [0.15, 0.2) is 35.0 Å². The second-order valence-electron chi connectivity index (χ2n) is 2.34. The highest BCUT2D eigenvalue weighted by Gasteiger charge is 1.91. The predicted octanol–water partition coefficient (Wildman–Crippen LogP) is 2.16. The van der Waals surface area contributed by atoms with Gasteiger partial charge in [0.15, 0.2) is 0 Å². The number of furan rings is 1. The molecule has 0 bridgehead atoms. The van der Waals surface area contributed by atoms with Crippen molar-refractivity contribution >= 4 is 11.6 Å². The Morgan fingerprint density at radius 2 is 2.42 bits per heavy atom. The highest BCUT2D eigenvalue weighted by atomic mass is 35.5. The van der Waals surface area contributed by atoms with E-state index < -0.39 is 0 Å². The molecule has 2 nitrogen and oxygen atoms in total. The van der Waals surface area contributed by atoms with Crippen molar-refractivity contribution in [2.45, 2.75) is 6.54 Å². The van der Waals surface area contributed by atoms with Crippen LogP contribution < -0.4 is 5.32 Å². The first-order valence-corrected chi connectivity index (χ1v) is 4.41. The van der Waals surface area contributed by atoms with Crippen LogP contribution in [0.25, 0.3) is 0 Å². The SMILES string of the molecule is ClC/C=C/CNCc1ccco1. The molecule has 0 saturated heterocycles. The Hall–Kier alpha value is -0.730. The van der Waals surface area contributed by atoms with E-state index in [1.165, 1.54) is 0 Å². The lowest BCUT2D eigenvalue weighted by Crippen LogP contribution is -2.12. The van der Waals surface area contributed by atoms with Gasteiger partial charge in [0, 0.05) is 12.4 Å². The zero-order valence-electron chi connectivity index (χ0n) is 6.79. The maximum absolute atomic E-state index is 5.45. The van der Waals surface area contributed by atoms with Gasteiger partial charge in [-0.2, -0.15) is 0 Å². The number of rotatable bonds is 5. The summed E-state index contributed by atoms with van der Waals surface area (Å²) >= 11 is 5.45. The Labute approximate surface area is 77.2 Å². The average molecular weight is 186 g/mol. The number of hydrogen-bond donors (Lipinski definition) is 1. The van der Waals surface area contributed by atoms with Gasteiger partial charge in [-0.25, -0.2) is 0 Å². The van der Waals surface area contributed by atoms with E-state index in [1.54, 1.807) is 6.26 Å². The average Bonchev–Trinajstić information content (AvgIpc) is 2.57. The summed E-state index contributed by atoms with van der Waals surface area (Å²) in [6.45, 7) is 1.59. The summed E-state index contributed by atoms with van der Waals surface area (Å²) in [6.07, 6.45) is 5.58. The van der Waals surface area contributed by atoms with Crippen LogP contribution >= 0.6 is 11.6 Å². The van der Waals surface area contributed by atoms with Gasteiger partial charge in [0.1, 0.15) is 5.76 Å². The summed E-state index contributed by atoms with van der Waals surface area (Å²) in [6, 6.07) is 3.82. The van der Waals surface area contributed by atoms with Crippen molar-refractivity contribution in [2.24, 2.45) is 0 Å². The molecule has 1 heterocycles. The molecule has 1 aromatic heterocycles. The fraction of sp³-hybridized carbons (Fsp3) is 0.333. The second kappa shape index (κ2) is 5.86. The molecule has 0 amide bonds. The first-order valence-electron chi connectivity index (χ1n) is 3.87. The number of hydrogen-bond acceptors (Lipinski definition) is 2. The standard InChI is InChI=1S/C9H12ClNO/c10-5-1-2-6-11-8-9-4-3-7-12-9/h1-4,7,11H,5-6,8H2/b2-1+. The monoisotopic (exact) mass is 185 g/mol. The van der Waals surface area contributed by atoms with Crippen LogP contribution in [-0.2, 0) is 6.54 Å². The van der Waals surface area contributed by atoms with Gasteiger partial charge in [-0.15, -0.1) is 11.6 Å². The van der Waals surface area contributed by atoms with Crippen LogP contribution in [0.3, 0.4) is 0 Å². The number of allylic oxidation sites excluding steroid dienone is 1. The molecule has 0 fully saturated rings. The Morgan fingerprint density at radius 1 is 1.50 bits per heavy atom. The lowest BCUT2D eigenvalue weighted by atomic mass is 10.4. The molecule has 3 heteroatoms. The maximum Gasteiger partial charge on any atom is 0.117 e. The summed E-state index contributed by atoms with van der Waals surface area (Å²) in [7, 11) is 0. The molecule has 0 radical (unpaired) electrons. The van der Waals surface area contributed by atoms with E-state index in [9.17, 15) is 0 Å².